The molecular weight excluding hydrogens is 210 g/mol. The van der Waals surface area contributed by atoms with Gasteiger partial charge in [0.05, 0.1) is 12.2 Å². The molecule has 16 heavy (non-hydrogen) atoms. The van der Waals surface area contributed by atoms with Gasteiger partial charge in [-0.05, 0) is 6.42 Å². The van der Waals surface area contributed by atoms with Crippen LogP contribution in [-0.2, 0) is 16.1 Å². The van der Waals surface area contributed by atoms with E-state index in [-0.39, 0.29) is 11.8 Å². The van der Waals surface area contributed by atoms with Crippen LogP contribution in [0, 0.1) is 6.92 Å². The number of carbonyl (C=O) groups is 2. The van der Waals surface area contributed by atoms with Gasteiger partial charge in [0.15, 0.2) is 5.89 Å². The lowest BCUT2D eigenvalue weighted by Crippen LogP contribution is -2.41. The topological polar surface area (TPSA) is 84.2 Å². The van der Waals surface area contributed by atoms with Crippen LogP contribution < -0.4 is 10.6 Å². The summed E-state index contributed by atoms with van der Waals surface area (Å²) in [5.41, 5.74) is 0.676. The Balaban J connectivity index is 1.82. The normalized spacial score (nSPS) is 19.6. The summed E-state index contributed by atoms with van der Waals surface area (Å²) >= 11 is 0. The van der Waals surface area contributed by atoms with E-state index in [0.717, 1.165) is 0 Å². The first-order valence-electron chi connectivity index (χ1n) is 5.13. The summed E-state index contributed by atoms with van der Waals surface area (Å²) in [4.78, 5) is 26.6. The van der Waals surface area contributed by atoms with Crippen LogP contribution in [0.3, 0.4) is 0 Å². The molecule has 6 nitrogen and oxygen atoms in total. The predicted molar refractivity (Wildman–Crippen MR) is 54.3 cm³/mol. The number of amides is 2. The van der Waals surface area contributed by atoms with Gasteiger partial charge in [0.2, 0.25) is 11.8 Å². The minimum absolute atomic E-state index is 0.0718. The van der Waals surface area contributed by atoms with Crippen molar-refractivity contribution in [3.63, 3.8) is 0 Å². The third kappa shape index (κ3) is 2.39. The molecule has 1 atom stereocenters. The standard InChI is InChI=1S/C10H13N3O3/c1-6-12-7(5-16-6)4-11-10(15)8-2-3-9(14)13-8/h5,8H,2-4H2,1H3,(H,11,15)(H,13,14). The van der Waals surface area contributed by atoms with Crippen molar-refractivity contribution < 1.29 is 14.0 Å². The smallest absolute Gasteiger partial charge is 0.242 e. The fourth-order valence-electron chi connectivity index (χ4n) is 1.60. The molecule has 1 aromatic rings. The van der Waals surface area contributed by atoms with Crippen LogP contribution in [0.5, 0.6) is 0 Å². The van der Waals surface area contributed by atoms with Crippen LogP contribution in [-0.4, -0.2) is 22.8 Å². The second-order valence-electron chi connectivity index (χ2n) is 3.73. The van der Waals surface area contributed by atoms with Crippen molar-refractivity contribution in [1.29, 1.82) is 0 Å². The van der Waals surface area contributed by atoms with Crippen molar-refractivity contribution in [2.45, 2.75) is 32.4 Å². The zero-order valence-electron chi connectivity index (χ0n) is 8.95. The Morgan fingerprint density at radius 3 is 3.12 bits per heavy atom. The molecule has 1 unspecified atom stereocenters. The second-order valence-corrected chi connectivity index (χ2v) is 3.73. The molecule has 2 rings (SSSR count). The van der Waals surface area contributed by atoms with E-state index in [2.05, 4.69) is 15.6 Å². The number of rotatable bonds is 3. The van der Waals surface area contributed by atoms with Crippen LogP contribution in [0.1, 0.15) is 24.4 Å². The fraction of sp³-hybridized carbons (Fsp3) is 0.500. The van der Waals surface area contributed by atoms with Gasteiger partial charge in [-0.3, -0.25) is 9.59 Å². The molecule has 1 aromatic heterocycles. The maximum absolute atomic E-state index is 11.6. The summed E-state index contributed by atoms with van der Waals surface area (Å²) in [6.45, 7) is 2.06. The van der Waals surface area contributed by atoms with Crippen LogP contribution in [0.15, 0.2) is 10.7 Å². The van der Waals surface area contributed by atoms with Gasteiger partial charge in [-0.1, -0.05) is 0 Å². The molecule has 1 saturated heterocycles. The molecule has 86 valence electrons. The van der Waals surface area contributed by atoms with Gasteiger partial charge >= 0.3 is 0 Å². The van der Waals surface area contributed by atoms with Crippen LogP contribution in [0.4, 0.5) is 0 Å². The second kappa shape index (κ2) is 4.34. The number of aryl methyl sites for hydroxylation is 1. The lowest BCUT2D eigenvalue weighted by molar-refractivity contribution is -0.125. The zero-order valence-corrected chi connectivity index (χ0v) is 8.95. The third-order valence-corrected chi connectivity index (χ3v) is 2.42. The Morgan fingerprint density at radius 1 is 1.75 bits per heavy atom. The molecule has 1 aliphatic heterocycles. The van der Waals surface area contributed by atoms with Crippen LogP contribution in [0.2, 0.25) is 0 Å². The highest BCUT2D eigenvalue weighted by Crippen LogP contribution is 2.06. The quantitative estimate of drug-likeness (QED) is 0.748. The number of nitrogens with one attached hydrogen (secondary N) is 2. The molecule has 0 bridgehead atoms. The van der Waals surface area contributed by atoms with Crippen LogP contribution in [0.25, 0.3) is 0 Å². The van der Waals surface area contributed by atoms with E-state index >= 15 is 0 Å². The van der Waals surface area contributed by atoms with Crippen molar-refractivity contribution in [2.75, 3.05) is 0 Å². The van der Waals surface area contributed by atoms with Crippen molar-refractivity contribution in [2.24, 2.45) is 0 Å². The molecule has 0 spiro atoms. The maximum atomic E-state index is 11.6. The van der Waals surface area contributed by atoms with Gasteiger partial charge in [0, 0.05) is 13.3 Å². The van der Waals surface area contributed by atoms with Crippen molar-refractivity contribution in [3.05, 3.63) is 17.8 Å². The van der Waals surface area contributed by atoms with Gasteiger partial charge in [-0.15, -0.1) is 0 Å². The summed E-state index contributed by atoms with van der Waals surface area (Å²) < 4.78 is 5.01. The number of nitrogens with zero attached hydrogens (tertiary/aromatic N) is 1. The molecule has 1 aliphatic rings. The molecule has 6 heteroatoms. The van der Waals surface area contributed by atoms with Gasteiger partial charge in [-0.2, -0.15) is 0 Å². The molecule has 0 saturated carbocycles. The Bertz CT molecular complexity index is 413. The zero-order chi connectivity index (χ0) is 11.5. The molecule has 1 fully saturated rings. The van der Waals surface area contributed by atoms with E-state index in [1.54, 1.807) is 6.92 Å². The first-order valence-corrected chi connectivity index (χ1v) is 5.13. The molecule has 2 N–H and O–H groups in total. The van der Waals surface area contributed by atoms with Gasteiger partial charge in [0.25, 0.3) is 0 Å². The highest BCUT2D eigenvalue weighted by molar-refractivity contribution is 5.90. The maximum Gasteiger partial charge on any atom is 0.242 e. The van der Waals surface area contributed by atoms with Crippen molar-refractivity contribution >= 4 is 11.8 Å². The minimum Gasteiger partial charge on any atom is -0.449 e. The van der Waals surface area contributed by atoms with E-state index in [0.29, 0.717) is 31.0 Å². The van der Waals surface area contributed by atoms with Gasteiger partial charge in [-0.25, -0.2) is 4.98 Å². The Morgan fingerprint density at radius 2 is 2.56 bits per heavy atom. The van der Waals surface area contributed by atoms with Gasteiger partial charge < -0.3 is 15.1 Å². The SMILES string of the molecule is Cc1nc(CNC(=O)C2CCC(=O)N2)co1. The largest absolute Gasteiger partial charge is 0.449 e. The number of aromatic nitrogens is 1. The molecular formula is C10H13N3O3. The lowest BCUT2D eigenvalue weighted by Gasteiger charge is -2.09. The summed E-state index contributed by atoms with van der Waals surface area (Å²) in [6.07, 6.45) is 2.48. The van der Waals surface area contributed by atoms with Crippen molar-refractivity contribution in [1.82, 2.24) is 15.6 Å². The van der Waals surface area contributed by atoms with E-state index in [1.165, 1.54) is 6.26 Å². The fourth-order valence-corrected chi connectivity index (χ4v) is 1.60. The number of carbonyl (C=O) groups excluding carboxylic acids is 2. The Kier molecular flexibility index (Phi) is 2.89. The Labute approximate surface area is 92.4 Å². The van der Waals surface area contributed by atoms with E-state index in [4.69, 9.17) is 4.42 Å². The summed E-state index contributed by atoms with van der Waals surface area (Å²) in [6, 6.07) is -0.402. The lowest BCUT2D eigenvalue weighted by atomic mass is 10.2. The number of oxazole rings is 1. The monoisotopic (exact) mass is 223 g/mol. The average Bonchev–Trinajstić information content (AvgIpc) is 2.84. The highest BCUT2D eigenvalue weighted by Gasteiger charge is 2.26. The van der Waals surface area contributed by atoms with E-state index in [9.17, 15) is 9.59 Å². The number of hydrogen-bond acceptors (Lipinski definition) is 4. The first-order chi connectivity index (χ1) is 7.65. The predicted octanol–water partition coefficient (Wildman–Crippen LogP) is -0.122. The number of hydrogen-bond donors (Lipinski definition) is 2. The molecule has 0 aromatic carbocycles. The van der Waals surface area contributed by atoms with E-state index < -0.39 is 6.04 Å². The molecule has 0 aliphatic carbocycles. The summed E-state index contributed by atoms with van der Waals surface area (Å²) in [7, 11) is 0. The van der Waals surface area contributed by atoms with Gasteiger partial charge in [0.1, 0.15) is 12.3 Å². The third-order valence-electron chi connectivity index (χ3n) is 2.42. The molecule has 2 amide bonds. The highest BCUT2D eigenvalue weighted by atomic mass is 16.3. The first kappa shape index (κ1) is 10.7. The van der Waals surface area contributed by atoms with Crippen molar-refractivity contribution in [3.8, 4) is 0 Å². The molecule has 0 radical (unpaired) electrons. The summed E-state index contributed by atoms with van der Waals surface area (Å²) in [5, 5.41) is 5.30. The molecule has 2 heterocycles. The minimum atomic E-state index is -0.402. The summed E-state index contributed by atoms with van der Waals surface area (Å²) in [5.74, 6) is 0.322. The van der Waals surface area contributed by atoms with E-state index in [1.807, 2.05) is 0 Å². The average molecular weight is 223 g/mol. The Hall–Kier alpha value is -1.85. The van der Waals surface area contributed by atoms with Crippen LogP contribution >= 0.6 is 0 Å².